The van der Waals surface area contributed by atoms with Gasteiger partial charge in [-0.1, -0.05) is 0 Å². The van der Waals surface area contributed by atoms with Crippen molar-refractivity contribution in [1.29, 1.82) is 0 Å². The van der Waals surface area contributed by atoms with E-state index in [2.05, 4.69) is 9.72 Å². The van der Waals surface area contributed by atoms with Gasteiger partial charge in [0.15, 0.2) is 11.2 Å². The van der Waals surface area contributed by atoms with E-state index < -0.39 is 17.2 Å². The fourth-order valence-corrected chi connectivity index (χ4v) is 2.36. The van der Waals surface area contributed by atoms with Gasteiger partial charge in [0.25, 0.3) is 5.56 Å². The first-order valence-electron chi connectivity index (χ1n) is 6.72. The SMILES string of the molecule is COC(=O)c1ccc(Cn2cnc3c2c(=O)n(C)c(=O)n3C)o1. The summed E-state index contributed by atoms with van der Waals surface area (Å²) in [5.41, 5.74) is -0.317. The Balaban J connectivity index is 2.08. The molecule has 0 aromatic carbocycles. The lowest BCUT2D eigenvalue weighted by molar-refractivity contribution is 0.0563. The molecular formula is C14H14N4O5. The summed E-state index contributed by atoms with van der Waals surface area (Å²) < 4.78 is 13.8. The normalized spacial score (nSPS) is 11.1. The summed E-state index contributed by atoms with van der Waals surface area (Å²) in [6, 6.07) is 3.11. The molecule has 3 aromatic heterocycles. The second-order valence-electron chi connectivity index (χ2n) is 5.01. The second-order valence-corrected chi connectivity index (χ2v) is 5.01. The Kier molecular flexibility index (Phi) is 3.40. The van der Waals surface area contributed by atoms with E-state index in [0.29, 0.717) is 5.76 Å². The van der Waals surface area contributed by atoms with Gasteiger partial charge in [0.05, 0.1) is 20.0 Å². The van der Waals surface area contributed by atoms with Crippen molar-refractivity contribution < 1.29 is 13.9 Å². The molecular weight excluding hydrogens is 304 g/mol. The molecule has 0 radical (unpaired) electrons. The van der Waals surface area contributed by atoms with Crippen molar-refractivity contribution in [3.63, 3.8) is 0 Å². The number of hydrogen-bond donors (Lipinski definition) is 0. The average Bonchev–Trinajstić information content (AvgIpc) is 3.18. The van der Waals surface area contributed by atoms with Crippen molar-refractivity contribution in [1.82, 2.24) is 18.7 Å². The van der Waals surface area contributed by atoms with Gasteiger partial charge in [-0.2, -0.15) is 0 Å². The molecule has 3 aromatic rings. The summed E-state index contributed by atoms with van der Waals surface area (Å²) in [5, 5.41) is 0. The number of esters is 1. The Morgan fingerprint density at radius 3 is 2.70 bits per heavy atom. The molecule has 0 atom stereocenters. The number of ether oxygens (including phenoxy) is 1. The molecule has 0 amide bonds. The highest BCUT2D eigenvalue weighted by atomic mass is 16.5. The minimum atomic E-state index is -0.579. The largest absolute Gasteiger partial charge is 0.463 e. The van der Waals surface area contributed by atoms with Crippen LogP contribution >= 0.6 is 0 Å². The van der Waals surface area contributed by atoms with Crippen LogP contribution in [0.25, 0.3) is 11.2 Å². The third kappa shape index (κ3) is 2.26. The van der Waals surface area contributed by atoms with Gasteiger partial charge in [0.2, 0.25) is 5.76 Å². The monoisotopic (exact) mass is 318 g/mol. The Morgan fingerprint density at radius 2 is 2.00 bits per heavy atom. The van der Waals surface area contributed by atoms with Crippen LogP contribution in [0.3, 0.4) is 0 Å². The van der Waals surface area contributed by atoms with E-state index in [9.17, 15) is 14.4 Å². The number of fused-ring (bicyclic) bond motifs is 1. The van der Waals surface area contributed by atoms with Crippen molar-refractivity contribution in [2.45, 2.75) is 6.54 Å². The molecule has 0 spiro atoms. The van der Waals surface area contributed by atoms with E-state index in [1.807, 2.05) is 0 Å². The molecule has 0 aliphatic rings. The molecule has 0 saturated heterocycles. The first-order valence-corrected chi connectivity index (χ1v) is 6.72. The van der Waals surface area contributed by atoms with Crippen LogP contribution in [0, 0.1) is 0 Å². The fraction of sp³-hybridized carbons (Fsp3) is 0.286. The zero-order chi connectivity index (χ0) is 16.7. The molecule has 0 saturated carbocycles. The predicted molar refractivity (Wildman–Crippen MR) is 79.4 cm³/mol. The summed E-state index contributed by atoms with van der Waals surface area (Å²) in [7, 11) is 4.21. The molecule has 9 heteroatoms. The highest BCUT2D eigenvalue weighted by molar-refractivity contribution is 5.86. The van der Waals surface area contributed by atoms with Crippen molar-refractivity contribution in [3.8, 4) is 0 Å². The number of rotatable bonds is 3. The van der Waals surface area contributed by atoms with Crippen LogP contribution in [-0.4, -0.2) is 31.8 Å². The quantitative estimate of drug-likeness (QED) is 0.623. The van der Waals surface area contributed by atoms with Crippen LogP contribution in [0.1, 0.15) is 16.3 Å². The van der Waals surface area contributed by atoms with E-state index in [1.54, 1.807) is 17.7 Å². The number of aryl methyl sites for hydroxylation is 1. The Hall–Kier alpha value is -3.10. The van der Waals surface area contributed by atoms with Gasteiger partial charge in [-0.3, -0.25) is 13.9 Å². The minimum Gasteiger partial charge on any atom is -0.463 e. The van der Waals surface area contributed by atoms with Crippen molar-refractivity contribution in [2.24, 2.45) is 14.1 Å². The van der Waals surface area contributed by atoms with E-state index in [0.717, 1.165) is 4.57 Å². The molecule has 0 N–H and O–H groups in total. The van der Waals surface area contributed by atoms with Crippen LogP contribution in [0.2, 0.25) is 0 Å². The molecule has 0 aliphatic heterocycles. The maximum atomic E-state index is 12.3. The van der Waals surface area contributed by atoms with E-state index >= 15 is 0 Å². The summed E-state index contributed by atoms with van der Waals surface area (Å²) in [6.45, 7) is 0.195. The standard InChI is InChI=1S/C14H14N4O5/c1-16-11-10(12(19)17(2)14(16)21)18(7-15-11)6-8-4-5-9(23-8)13(20)22-3/h4-5,7H,6H2,1-3H3. The number of imidazole rings is 1. The number of carbonyl (C=O) groups excluding carboxylic acids is 1. The maximum Gasteiger partial charge on any atom is 0.373 e. The molecule has 23 heavy (non-hydrogen) atoms. The van der Waals surface area contributed by atoms with Crippen LogP contribution in [0.5, 0.6) is 0 Å². The highest BCUT2D eigenvalue weighted by Gasteiger charge is 2.16. The Bertz CT molecular complexity index is 1020. The summed E-state index contributed by atoms with van der Waals surface area (Å²) in [5.74, 6) is -0.0436. The number of nitrogens with zero attached hydrogens (tertiary/aromatic N) is 4. The summed E-state index contributed by atoms with van der Waals surface area (Å²) >= 11 is 0. The van der Waals surface area contributed by atoms with E-state index in [1.165, 1.54) is 31.1 Å². The molecule has 0 bridgehead atoms. The third-order valence-corrected chi connectivity index (χ3v) is 3.59. The van der Waals surface area contributed by atoms with Crippen LogP contribution in [-0.2, 0) is 25.4 Å². The number of aromatic nitrogens is 4. The molecule has 0 unspecified atom stereocenters. The van der Waals surface area contributed by atoms with Crippen molar-refractivity contribution in [3.05, 3.63) is 50.8 Å². The molecule has 120 valence electrons. The molecule has 0 aliphatic carbocycles. The van der Waals surface area contributed by atoms with Gasteiger partial charge < -0.3 is 13.7 Å². The lowest BCUT2D eigenvalue weighted by Crippen LogP contribution is -2.37. The third-order valence-electron chi connectivity index (χ3n) is 3.59. The number of hydrogen-bond acceptors (Lipinski definition) is 6. The topological polar surface area (TPSA) is 101 Å². The van der Waals surface area contributed by atoms with Crippen molar-refractivity contribution >= 4 is 17.1 Å². The van der Waals surface area contributed by atoms with Gasteiger partial charge in [-0.15, -0.1) is 0 Å². The first-order chi connectivity index (χ1) is 10.9. The van der Waals surface area contributed by atoms with Gasteiger partial charge in [0.1, 0.15) is 5.76 Å². The predicted octanol–water partition coefficient (Wildman–Crippen LogP) is -0.138. The summed E-state index contributed by atoms with van der Waals surface area (Å²) in [6.07, 6.45) is 1.45. The number of carbonyl (C=O) groups is 1. The van der Waals surface area contributed by atoms with E-state index in [4.69, 9.17) is 4.42 Å². The van der Waals surface area contributed by atoms with Gasteiger partial charge in [-0.25, -0.2) is 14.6 Å². The molecule has 0 fully saturated rings. The van der Waals surface area contributed by atoms with Gasteiger partial charge >= 0.3 is 11.7 Å². The lowest BCUT2D eigenvalue weighted by atomic mass is 10.4. The average molecular weight is 318 g/mol. The number of furan rings is 1. The van der Waals surface area contributed by atoms with E-state index in [-0.39, 0.29) is 23.5 Å². The zero-order valence-electron chi connectivity index (χ0n) is 12.8. The summed E-state index contributed by atoms with van der Waals surface area (Å²) in [4.78, 5) is 39.7. The van der Waals surface area contributed by atoms with Gasteiger partial charge in [-0.05, 0) is 12.1 Å². The highest BCUT2D eigenvalue weighted by Crippen LogP contribution is 2.13. The number of methoxy groups -OCH3 is 1. The van der Waals surface area contributed by atoms with Crippen molar-refractivity contribution in [2.75, 3.05) is 7.11 Å². The Labute approximate surface area is 129 Å². The minimum absolute atomic E-state index is 0.0761. The maximum absolute atomic E-state index is 12.3. The van der Waals surface area contributed by atoms with Crippen LogP contribution in [0.15, 0.2) is 32.5 Å². The second kappa shape index (κ2) is 5.27. The molecule has 9 nitrogen and oxygen atoms in total. The molecule has 3 heterocycles. The van der Waals surface area contributed by atoms with Crippen LogP contribution < -0.4 is 11.2 Å². The van der Waals surface area contributed by atoms with Crippen LogP contribution in [0.4, 0.5) is 0 Å². The zero-order valence-corrected chi connectivity index (χ0v) is 12.8. The first kappa shape index (κ1) is 14.8. The fourth-order valence-electron chi connectivity index (χ4n) is 2.36. The lowest BCUT2D eigenvalue weighted by Gasteiger charge is -2.05. The Morgan fingerprint density at radius 1 is 1.26 bits per heavy atom. The van der Waals surface area contributed by atoms with Gasteiger partial charge in [0, 0.05) is 14.1 Å². The smallest absolute Gasteiger partial charge is 0.373 e. The molecule has 3 rings (SSSR count).